The standard InChI is InChI=1S/C24H31N3O/c1-25-14-16-27(17-15-25)23(28)24(18-21-10-6-7-11-22(21)19-24)26(2)13-12-20-8-4-3-5-9-20/h3-11H,12-19H2,1-2H3. The van der Waals surface area contributed by atoms with Crippen molar-refractivity contribution < 1.29 is 4.79 Å². The first-order valence-electron chi connectivity index (χ1n) is 10.4. The summed E-state index contributed by atoms with van der Waals surface area (Å²) >= 11 is 0. The zero-order valence-corrected chi connectivity index (χ0v) is 17.1. The van der Waals surface area contributed by atoms with Gasteiger partial charge in [0.15, 0.2) is 0 Å². The molecule has 2 aromatic rings. The molecular formula is C24H31N3O. The number of hydrogen-bond donors (Lipinski definition) is 0. The van der Waals surface area contributed by atoms with Crippen molar-refractivity contribution in [1.29, 1.82) is 0 Å². The third kappa shape index (κ3) is 3.71. The first kappa shape index (κ1) is 19.2. The Labute approximate surface area is 168 Å². The average molecular weight is 378 g/mol. The van der Waals surface area contributed by atoms with Crippen LogP contribution in [-0.2, 0) is 24.1 Å². The number of carbonyl (C=O) groups is 1. The van der Waals surface area contributed by atoms with Gasteiger partial charge < -0.3 is 9.80 Å². The van der Waals surface area contributed by atoms with E-state index in [0.29, 0.717) is 5.91 Å². The summed E-state index contributed by atoms with van der Waals surface area (Å²) < 4.78 is 0. The van der Waals surface area contributed by atoms with Crippen molar-refractivity contribution in [2.75, 3.05) is 46.8 Å². The van der Waals surface area contributed by atoms with Crippen LogP contribution in [0.1, 0.15) is 16.7 Å². The Kier molecular flexibility index (Phi) is 5.51. The van der Waals surface area contributed by atoms with Crippen molar-refractivity contribution in [2.45, 2.75) is 24.8 Å². The van der Waals surface area contributed by atoms with Gasteiger partial charge in [0, 0.05) is 45.6 Å². The highest BCUT2D eigenvalue weighted by Gasteiger charge is 2.48. The molecule has 0 aromatic heterocycles. The minimum Gasteiger partial charge on any atom is -0.339 e. The molecule has 0 unspecified atom stereocenters. The SMILES string of the molecule is CN1CCN(C(=O)C2(N(C)CCc3ccccc3)Cc3ccccc3C2)CC1. The highest BCUT2D eigenvalue weighted by Crippen LogP contribution is 2.36. The van der Waals surface area contributed by atoms with E-state index in [9.17, 15) is 4.79 Å². The van der Waals surface area contributed by atoms with E-state index in [0.717, 1.165) is 52.0 Å². The van der Waals surface area contributed by atoms with Crippen LogP contribution in [0.4, 0.5) is 0 Å². The summed E-state index contributed by atoms with van der Waals surface area (Å²) in [4.78, 5) is 20.6. The van der Waals surface area contributed by atoms with Crippen molar-refractivity contribution in [3.63, 3.8) is 0 Å². The summed E-state index contributed by atoms with van der Waals surface area (Å²) in [7, 11) is 4.28. The van der Waals surface area contributed by atoms with Crippen LogP contribution in [-0.4, -0.2) is 73.0 Å². The zero-order valence-electron chi connectivity index (χ0n) is 17.1. The summed E-state index contributed by atoms with van der Waals surface area (Å²) in [5.74, 6) is 0.312. The van der Waals surface area contributed by atoms with Crippen molar-refractivity contribution >= 4 is 5.91 Å². The van der Waals surface area contributed by atoms with Crippen molar-refractivity contribution in [3.05, 3.63) is 71.3 Å². The van der Waals surface area contributed by atoms with Gasteiger partial charge in [-0.05, 0) is 37.2 Å². The second kappa shape index (κ2) is 8.06. The lowest BCUT2D eigenvalue weighted by atomic mass is 9.90. The molecule has 0 radical (unpaired) electrons. The Balaban J connectivity index is 1.56. The van der Waals surface area contributed by atoms with Crippen LogP contribution in [0.5, 0.6) is 0 Å². The fraction of sp³-hybridized carbons (Fsp3) is 0.458. The van der Waals surface area contributed by atoms with Crippen molar-refractivity contribution in [3.8, 4) is 0 Å². The minimum absolute atomic E-state index is 0.312. The Bertz CT molecular complexity index is 787. The molecule has 0 saturated carbocycles. The number of hydrogen-bond acceptors (Lipinski definition) is 3. The van der Waals surface area contributed by atoms with Gasteiger partial charge in [-0.25, -0.2) is 0 Å². The molecule has 28 heavy (non-hydrogen) atoms. The maximum absolute atomic E-state index is 13.8. The summed E-state index contributed by atoms with van der Waals surface area (Å²) in [5.41, 5.74) is 3.54. The van der Waals surface area contributed by atoms with E-state index in [1.807, 2.05) is 0 Å². The molecule has 4 rings (SSSR count). The summed E-state index contributed by atoms with van der Waals surface area (Å²) in [6.45, 7) is 4.47. The molecular weight excluding hydrogens is 346 g/mol. The third-order valence-electron chi connectivity index (χ3n) is 6.58. The van der Waals surface area contributed by atoms with Gasteiger partial charge in [-0.2, -0.15) is 0 Å². The van der Waals surface area contributed by atoms with E-state index >= 15 is 0 Å². The number of piperazine rings is 1. The lowest BCUT2D eigenvalue weighted by Gasteiger charge is -2.43. The molecule has 2 aromatic carbocycles. The summed E-state index contributed by atoms with van der Waals surface area (Å²) in [5, 5.41) is 0. The van der Waals surface area contributed by atoms with Crippen LogP contribution in [0.2, 0.25) is 0 Å². The van der Waals surface area contributed by atoms with E-state index < -0.39 is 5.54 Å². The Morgan fingerprint density at radius 3 is 2.11 bits per heavy atom. The van der Waals surface area contributed by atoms with Crippen molar-refractivity contribution in [1.82, 2.24) is 14.7 Å². The average Bonchev–Trinajstić information content (AvgIpc) is 3.14. The molecule has 1 heterocycles. The number of carbonyl (C=O) groups excluding carboxylic acids is 1. The van der Waals surface area contributed by atoms with E-state index in [1.165, 1.54) is 16.7 Å². The lowest BCUT2D eigenvalue weighted by molar-refractivity contribution is -0.145. The van der Waals surface area contributed by atoms with E-state index in [-0.39, 0.29) is 0 Å². The maximum atomic E-state index is 13.8. The van der Waals surface area contributed by atoms with Gasteiger partial charge in [0.25, 0.3) is 0 Å². The van der Waals surface area contributed by atoms with E-state index in [1.54, 1.807) is 0 Å². The van der Waals surface area contributed by atoms with Gasteiger partial charge in [0.2, 0.25) is 5.91 Å². The first-order valence-corrected chi connectivity index (χ1v) is 10.4. The number of benzene rings is 2. The predicted octanol–water partition coefficient (Wildman–Crippen LogP) is 2.47. The minimum atomic E-state index is -0.450. The Hall–Kier alpha value is -2.17. The van der Waals surface area contributed by atoms with Crippen LogP contribution in [0, 0.1) is 0 Å². The van der Waals surface area contributed by atoms with E-state index in [2.05, 4.69) is 83.4 Å². The van der Waals surface area contributed by atoms with Crippen LogP contribution in [0.15, 0.2) is 54.6 Å². The van der Waals surface area contributed by atoms with Crippen LogP contribution < -0.4 is 0 Å². The summed E-state index contributed by atoms with van der Waals surface area (Å²) in [6.07, 6.45) is 2.60. The number of rotatable bonds is 5. The van der Waals surface area contributed by atoms with Gasteiger partial charge in [0.1, 0.15) is 5.54 Å². The summed E-state index contributed by atoms with van der Waals surface area (Å²) in [6, 6.07) is 19.2. The second-order valence-electron chi connectivity index (χ2n) is 8.41. The van der Waals surface area contributed by atoms with Gasteiger partial charge >= 0.3 is 0 Å². The fourth-order valence-corrected chi connectivity index (χ4v) is 4.64. The molecule has 0 bridgehead atoms. The van der Waals surface area contributed by atoms with Crippen LogP contribution >= 0.6 is 0 Å². The van der Waals surface area contributed by atoms with Gasteiger partial charge in [-0.1, -0.05) is 54.6 Å². The molecule has 1 fully saturated rings. The quantitative estimate of drug-likeness (QED) is 0.801. The normalized spacial score (nSPS) is 19.0. The van der Waals surface area contributed by atoms with Gasteiger partial charge in [-0.3, -0.25) is 9.69 Å². The highest BCUT2D eigenvalue weighted by atomic mass is 16.2. The number of fused-ring (bicyclic) bond motifs is 1. The number of amides is 1. The zero-order chi connectivity index (χ0) is 19.6. The molecule has 1 aliphatic carbocycles. The monoisotopic (exact) mass is 377 g/mol. The lowest BCUT2D eigenvalue weighted by Crippen LogP contribution is -2.62. The molecule has 1 amide bonds. The van der Waals surface area contributed by atoms with Crippen molar-refractivity contribution in [2.24, 2.45) is 0 Å². The smallest absolute Gasteiger partial charge is 0.243 e. The molecule has 4 heteroatoms. The Morgan fingerprint density at radius 2 is 1.50 bits per heavy atom. The molecule has 148 valence electrons. The predicted molar refractivity (Wildman–Crippen MR) is 113 cm³/mol. The molecule has 0 atom stereocenters. The van der Waals surface area contributed by atoms with Gasteiger partial charge in [0.05, 0.1) is 0 Å². The molecule has 2 aliphatic rings. The topological polar surface area (TPSA) is 26.8 Å². The van der Waals surface area contributed by atoms with Crippen LogP contribution in [0.25, 0.3) is 0 Å². The second-order valence-corrected chi connectivity index (χ2v) is 8.41. The molecule has 0 spiro atoms. The largest absolute Gasteiger partial charge is 0.339 e. The third-order valence-corrected chi connectivity index (χ3v) is 6.58. The molecule has 0 N–H and O–H groups in total. The molecule has 4 nitrogen and oxygen atoms in total. The molecule has 1 aliphatic heterocycles. The van der Waals surface area contributed by atoms with Gasteiger partial charge in [-0.15, -0.1) is 0 Å². The van der Waals surface area contributed by atoms with E-state index in [4.69, 9.17) is 0 Å². The number of likely N-dealkylation sites (N-methyl/N-ethyl adjacent to an activating group) is 2. The first-order chi connectivity index (χ1) is 13.6. The highest BCUT2D eigenvalue weighted by molar-refractivity contribution is 5.88. The fourth-order valence-electron chi connectivity index (χ4n) is 4.64. The molecule has 1 saturated heterocycles. The number of nitrogens with zero attached hydrogens (tertiary/aromatic N) is 3. The maximum Gasteiger partial charge on any atom is 0.243 e. The Morgan fingerprint density at radius 1 is 0.929 bits per heavy atom. The van der Waals surface area contributed by atoms with Crippen LogP contribution in [0.3, 0.4) is 0 Å².